The predicted octanol–water partition coefficient (Wildman–Crippen LogP) is 3.30. The van der Waals surface area contributed by atoms with Gasteiger partial charge in [-0.3, -0.25) is 0 Å². The van der Waals surface area contributed by atoms with Crippen molar-refractivity contribution in [2.75, 3.05) is 17.6 Å². The largest absolute Gasteiger partial charge is 0.335 e. The Kier molecular flexibility index (Phi) is 6.16. The number of nitrogens with zero attached hydrogens (tertiary/aromatic N) is 2. The quantitative estimate of drug-likeness (QED) is 0.742. The molecule has 142 valence electrons. The van der Waals surface area contributed by atoms with Crippen molar-refractivity contribution in [2.45, 2.75) is 38.6 Å². The van der Waals surface area contributed by atoms with E-state index in [-0.39, 0.29) is 11.8 Å². The summed E-state index contributed by atoms with van der Waals surface area (Å²) in [6.45, 7) is 2.16. The van der Waals surface area contributed by atoms with Gasteiger partial charge < -0.3 is 9.84 Å². The summed E-state index contributed by atoms with van der Waals surface area (Å²) >= 11 is 5.99. The average molecular weight is 399 g/mol. The van der Waals surface area contributed by atoms with Crippen LogP contribution in [0.5, 0.6) is 0 Å². The average Bonchev–Trinajstić information content (AvgIpc) is 3.10. The van der Waals surface area contributed by atoms with Crippen molar-refractivity contribution in [1.29, 1.82) is 0 Å². The molecule has 2 N–H and O–H groups in total. The first-order valence-corrected chi connectivity index (χ1v) is 10.8. The molecule has 0 unspecified atom stereocenters. The Morgan fingerprint density at radius 1 is 1.27 bits per heavy atom. The summed E-state index contributed by atoms with van der Waals surface area (Å²) in [6, 6.07) is 7.96. The molecular weight excluding hydrogens is 376 g/mol. The molecule has 1 saturated carbocycles. The van der Waals surface area contributed by atoms with Crippen LogP contribution in [-0.2, 0) is 10.0 Å². The van der Waals surface area contributed by atoms with Gasteiger partial charge in [-0.25, -0.2) is 13.1 Å². The van der Waals surface area contributed by atoms with Crippen LogP contribution >= 0.6 is 11.6 Å². The van der Waals surface area contributed by atoms with Crippen molar-refractivity contribution >= 4 is 27.6 Å². The molecule has 3 rings (SSSR count). The van der Waals surface area contributed by atoms with Crippen LogP contribution in [0.2, 0.25) is 5.02 Å². The molecule has 0 saturated heterocycles. The van der Waals surface area contributed by atoms with Crippen molar-refractivity contribution in [1.82, 2.24) is 14.9 Å². The molecule has 7 nitrogen and oxygen atoms in total. The number of sulfonamides is 1. The number of rotatable bonds is 7. The van der Waals surface area contributed by atoms with E-state index in [1.165, 1.54) is 0 Å². The van der Waals surface area contributed by atoms with E-state index in [1.807, 2.05) is 12.1 Å². The van der Waals surface area contributed by atoms with Gasteiger partial charge in [-0.15, -0.1) is 0 Å². The molecule has 1 aromatic carbocycles. The van der Waals surface area contributed by atoms with Crippen molar-refractivity contribution < 1.29 is 12.9 Å². The molecule has 0 spiro atoms. The Balaban J connectivity index is 1.49. The number of aromatic nitrogens is 2. The molecule has 1 heterocycles. The first-order valence-electron chi connectivity index (χ1n) is 8.78. The van der Waals surface area contributed by atoms with E-state index in [4.69, 9.17) is 16.1 Å². The van der Waals surface area contributed by atoms with Crippen LogP contribution in [0.1, 0.15) is 32.6 Å². The SMILES string of the molecule is CCS(=O)(=O)NC[C@H]1CC[C@H](Nc2nc(-c3cccc(Cl)c3)no2)CC1. The van der Waals surface area contributed by atoms with Gasteiger partial charge in [0.1, 0.15) is 0 Å². The van der Waals surface area contributed by atoms with E-state index in [1.54, 1.807) is 19.1 Å². The lowest BCUT2D eigenvalue weighted by Crippen LogP contribution is -2.34. The minimum absolute atomic E-state index is 0.121. The molecule has 0 atom stereocenters. The lowest BCUT2D eigenvalue weighted by molar-refractivity contribution is 0.330. The molecular formula is C17H23ClN4O3S. The molecule has 0 bridgehead atoms. The topological polar surface area (TPSA) is 97.1 Å². The van der Waals surface area contributed by atoms with Crippen molar-refractivity contribution in [3.8, 4) is 11.4 Å². The van der Waals surface area contributed by atoms with Gasteiger partial charge >= 0.3 is 6.01 Å². The summed E-state index contributed by atoms with van der Waals surface area (Å²) in [6.07, 6.45) is 3.79. The van der Waals surface area contributed by atoms with Crippen molar-refractivity contribution in [2.24, 2.45) is 5.92 Å². The number of nitrogens with one attached hydrogen (secondary N) is 2. The van der Waals surface area contributed by atoms with E-state index in [0.717, 1.165) is 31.2 Å². The second-order valence-electron chi connectivity index (χ2n) is 6.55. The van der Waals surface area contributed by atoms with Crippen molar-refractivity contribution in [3.05, 3.63) is 29.3 Å². The Morgan fingerprint density at radius 2 is 2.04 bits per heavy atom. The lowest BCUT2D eigenvalue weighted by atomic mass is 9.86. The minimum atomic E-state index is -3.12. The Labute approximate surface area is 158 Å². The van der Waals surface area contributed by atoms with Crippen molar-refractivity contribution in [3.63, 3.8) is 0 Å². The first-order chi connectivity index (χ1) is 12.4. The molecule has 2 aromatic rings. The number of halogens is 1. The minimum Gasteiger partial charge on any atom is -0.335 e. The third kappa shape index (κ3) is 5.18. The van der Waals surface area contributed by atoms with Crippen LogP contribution in [0.15, 0.2) is 28.8 Å². The maximum Gasteiger partial charge on any atom is 0.322 e. The monoisotopic (exact) mass is 398 g/mol. The summed E-state index contributed by atoms with van der Waals surface area (Å²) in [7, 11) is -3.12. The zero-order valence-electron chi connectivity index (χ0n) is 14.6. The number of hydrogen-bond donors (Lipinski definition) is 2. The van der Waals surface area contributed by atoms with E-state index < -0.39 is 10.0 Å². The van der Waals surface area contributed by atoms with Crippen LogP contribution in [-0.4, -0.2) is 36.9 Å². The molecule has 1 fully saturated rings. The van der Waals surface area contributed by atoms with E-state index in [2.05, 4.69) is 20.2 Å². The predicted molar refractivity (Wildman–Crippen MR) is 102 cm³/mol. The molecule has 26 heavy (non-hydrogen) atoms. The van der Waals surface area contributed by atoms with Gasteiger partial charge in [-0.2, -0.15) is 4.98 Å². The molecule has 0 amide bonds. The van der Waals surface area contributed by atoms with Gasteiger partial charge in [0.2, 0.25) is 15.8 Å². The summed E-state index contributed by atoms with van der Waals surface area (Å²) < 4.78 is 31.0. The smallest absolute Gasteiger partial charge is 0.322 e. The van der Waals surface area contributed by atoms with Crippen LogP contribution in [0.3, 0.4) is 0 Å². The molecule has 0 radical (unpaired) electrons. The molecule has 1 aliphatic carbocycles. The van der Waals surface area contributed by atoms with Crippen LogP contribution < -0.4 is 10.0 Å². The fraction of sp³-hybridized carbons (Fsp3) is 0.529. The highest BCUT2D eigenvalue weighted by Gasteiger charge is 2.23. The van der Waals surface area contributed by atoms with E-state index in [9.17, 15) is 8.42 Å². The van der Waals surface area contributed by atoms with Gasteiger partial charge in [0.15, 0.2) is 0 Å². The molecule has 1 aromatic heterocycles. The number of anilines is 1. The summed E-state index contributed by atoms with van der Waals surface area (Å²) in [4.78, 5) is 4.38. The summed E-state index contributed by atoms with van der Waals surface area (Å²) in [5, 5.41) is 7.89. The Bertz CT molecular complexity index is 832. The normalized spacial score (nSPS) is 20.8. The Hall–Kier alpha value is -1.64. The maximum atomic E-state index is 11.5. The van der Waals surface area contributed by atoms with Gasteiger partial charge in [-0.1, -0.05) is 28.9 Å². The van der Waals surface area contributed by atoms with Gasteiger partial charge in [0.25, 0.3) is 0 Å². The zero-order chi connectivity index (χ0) is 18.6. The van der Waals surface area contributed by atoms with Crippen LogP contribution in [0.25, 0.3) is 11.4 Å². The lowest BCUT2D eigenvalue weighted by Gasteiger charge is -2.28. The second-order valence-corrected chi connectivity index (χ2v) is 9.08. The van der Waals surface area contributed by atoms with Gasteiger partial charge in [0, 0.05) is 23.2 Å². The molecule has 9 heteroatoms. The highest BCUT2D eigenvalue weighted by atomic mass is 35.5. The van der Waals surface area contributed by atoms with Gasteiger partial charge in [0.05, 0.1) is 5.75 Å². The standard InChI is InChI=1S/C17H23ClN4O3S/c1-2-26(23,24)19-11-12-6-8-15(9-7-12)20-17-21-16(22-25-17)13-4-3-5-14(18)10-13/h3-5,10,12,15,19H,2,6-9,11H2,1H3,(H,20,21,22)/t12-,15-. The van der Waals surface area contributed by atoms with Crippen LogP contribution in [0.4, 0.5) is 6.01 Å². The summed E-state index contributed by atoms with van der Waals surface area (Å²) in [5.41, 5.74) is 0.807. The highest BCUT2D eigenvalue weighted by Crippen LogP contribution is 2.27. The maximum absolute atomic E-state index is 11.5. The molecule has 1 aliphatic rings. The second kappa shape index (κ2) is 8.37. The zero-order valence-corrected chi connectivity index (χ0v) is 16.2. The fourth-order valence-electron chi connectivity index (χ4n) is 3.06. The third-order valence-electron chi connectivity index (χ3n) is 4.66. The highest BCUT2D eigenvalue weighted by molar-refractivity contribution is 7.89. The third-order valence-corrected chi connectivity index (χ3v) is 6.26. The first kappa shape index (κ1) is 19.1. The Morgan fingerprint density at radius 3 is 2.73 bits per heavy atom. The van der Waals surface area contributed by atoms with Crippen LogP contribution in [0, 0.1) is 5.92 Å². The fourth-order valence-corrected chi connectivity index (χ4v) is 3.94. The van der Waals surface area contributed by atoms with E-state index in [0.29, 0.717) is 29.3 Å². The van der Waals surface area contributed by atoms with E-state index >= 15 is 0 Å². The van der Waals surface area contributed by atoms with Gasteiger partial charge in [-0.05, 0) is 50.7 Å². The summed E-state index contributed by atoms with van der Waals surface area (Å²) in [5.74, 6) is 0.993. The number of benzene rings is 1. The molecule has 0 aliphatic heterocycles. The number of hydrogen-bond acceptors (Lipinski definition) is 6.